The Kier molecular flexibility index (Phi) is 3.64. The monoisotopic (exact) mass is 232 g/mol. The largest absolute Gasteiger partial charge is 0.346 e. The molecule has 2 N–H and O–H groups in total. The number of aromatic nitrogens is 3. The smallest absolute Gasteiger partial charge is 0.128 e. The van der Waals surface area contributed by atoms with Crippen LogP contribution in [0, 0.1) is 0 Å². The van der Waals surface area contributed by atoms with Crippen molar-refractivity contribution in [2.45, 2.75) is 32.4 Å². The van der Waals surface area contributed by atoms with Gasteiger partial charge in [-0.1, -0.05) is 13.3 Å². The SMILES string of the molecule is CCCC(N)c1ccn(Cc2nccn2C)c1. The standard InChI is InChI=1S/C13H20N4/c1-3-4-12(14)11-5-7-17(9-11)10-13-15-6-8-16(13)2/h5-9,12H,3-4,10,14H2,1-2H3. The maximum absolute atomic E-state index is 6.09. The highest BCUT2D eigenvalue weighted by atomic mass is 15.1. The highest BCUT2D eigenvalue weighted by Gasteiger charge is 2.07. The van der Waals surface area contributed by atoms with Gasteiger partial charge in [0, 0.05) is 37.9 Å². The first-order chi connectivity index (χ1) is 8.20. The van der Waals surface area contributed by atoms with Crippen LogP contribution in [0.5, 0.6) is 0 Å². The second kappa shape index (κ2) is 5.19. The molecule has 0 aliphatic rings. The fourth-order valence-corrected chi connectivity index (χ4v) is 1.97. The van der Waals surface area contributed by atoms with Gasteiger partial charge in [-0.05, 0) is 18.1 Å². The maximum Gasteiger partial charge on any atom is 0.128 e. The van der Waals surface area contributed by atoms with E-state index in [4.69, 9.17) is 5.73 Å². The Balaban J connectivity index is 2.06. The molecule has 0 fully saturated rings. The Morgan fingerprint density at radius 2 is 2.24 bits per heavy atom. The first kappa shape index (κ1) is 11.9. The Hall–Kier alpha value is -1.55. The van der Waals surface area contributed by atoms with E-state index in [9.17, 15) is 0 Å². The zero-order valence-corrected chi connectivity index (χ0v) is 10.5. The first-order valence-corrected chi connectivity index (χ1v) is 6.08. The molecule has 0 aliphatic carbocycles. The van der Waals surface area contributed by atoms with Crippen molar-refractivity contribution in [2.24, 2.45) is 12.8 Å². The van der Waals surface area contributed by atoms with Crippen molar-refractivity contribution < 1.29 is 0 Å². The van der Waals surface area contributed by atoms with Crippen LogP contribution in [-0.4, -0.2) is 14.1 Å². The summed E-state index contributed by atoms with van der Waals surface area (Å²) in [4.78, 5) is 4.31. The van der Waals surface area contributed by atoms with Gasteiger partial charge in [-0.2, -0.15) is 0 Å². The summed E-state index contributed by atoms with van der Waals surface area (Å²) in [5.74, 6) is 1.05. The minimum atomic E-state index is 0.155. The van der Waals surface area contributed by atoms with E-state index in [0.717, 1.165) is 25.2 Å². The number of aryl methyl sites for hydroxylation is 1. The lowest BCUT2D eigenvalue weighted by molar-refractivity contribution is 0.633. The normalized spacial score (nSPS) is 12.9. The lowest BCUT2D eigenvalue weighted by Gasteiger charge is -2.07. The predicted molar refractivity (Wildman–Crippen MR) is 68.6 cm³/mol. The third-order valence-corrected chi connectivity index (χ3v) is 3.05. The van der Waals surface area contributed by atoms with Gasteiger partial charge >= 0.3 is 0 Å². The van der Waals surface area contributed by atoms with Gasteiger partial charge in [-0.25, -0.2) is 4.98 Å². The lowest BCUT2D eigenvalue weighted by Crippen LogP contribution is -2.09. The first-order valence-electron chi connectivity index (χ1n) is 6.08. The number of imidazole rings is 1. The van der Waals surface area contributed by atoms with Crippen molar-refractivity contribution in [3.8, 4) is 0 Å². The summed E-state index contributed by atoms with van der Waals surface area (Å²) in [6, 6.07) is 2.26. The van der Waals surface area contributed by atoms with E-state index in [1.807, 2.05) is 24.0 Å². The summed E-state index contributed by atoms with van der Waals surface area (Å²) in [7, 11) is 2.01. The molecule has 0 saturated heterocycles. The van der Waals surface area contributed by atoms with Gasteiger partial charge in [0.2, 0.25) is 0 Å². The van der Waals surface area contributed by atoms with Crippen molar-refractivity contribution in [1.29, 1.82) is 0 Å². The van der Waals surface area contributed by atoms with Crippen LogP contribution in [0.1, 0.15) is 37.2 Å². The molecule has 0 amide bonds. The quantitative estimate of drug-likeness (QED) is 0.858. The predicted octanol–water partition coefficient (Wildman–Crippen LogP) is 2.07. The number of nitrogens with two attached hydrogens (primary N) is 1. The average Bonchev–Trinajstić information content (AvgIpc) is 2.90. The Bertz CT molecular complexity index is 469. The summed E-state index contributed by atoms with van der Waals surface area (Å²) < 4.78 is 4.17. The highest BCUT2D eigenvalue weighted by molar-refractivity contribution is 5.15. The zero-order chi connectivity index (χ0) is 12.3. The molecular weight excluding hydrogens is 212 g/mol. The van der Waals surface area contributed by atoms with Gasteiger partial charge in [0.25, 0.3) is 0 Å². The van der Waals surface area contributed by atoms with Gasteiger partial charge in [-0.3, -0.25) is 0 Å². The van der Waals surface area contributed by atoms with Crippen LogP contribution in [0.25, 0.3) is 0 Å². The van der Waals surface area contributed by atoms with Crippen molar-refractivity contribution >= 4 is 0 Å². The molecule has 4 nitrogen and oxygen atoms in total. The number of rotatable bonds is 5. The summed E-state index contributed by atoms with van der Waals surface area (Å²) in [6.45, 7) is 2.95. The molecule has 2 rings (SSSR count). The van der Waals surface area contributed by atoms with Crippen LogP contribution >= 0.6 is 0 Å². The molecule has 0 radical (unpaired) electrons. The fraction of sp³-hybridized carbons (Fsp3) is 0.462. The van der Waals surface area contributed by atoms with Crippen LogP contribution in [0.2, 0.25) is 0 Å². The van der Waals surface area contributed by atoms with Gasteiger partial charge in [-0.15, -0.1) is 0 Å². The summed E-state index contributed by atoms with van der Waals surface area (Å²) >= 11 is 0. The fourth-order valence-electron chi connectivity index (χ4n) is 1.97. The molecule has 0 aliphatic heterocycles. The Morgan fingerprint density at radius 1 is 1.41 bits per heavy atom. The molecule has 0 aromatic carbocycles. The summed E-state index contributed by atoms with van der Waals surface area (Å²) in [5, 5.41) is 0. The second-order valence-electron chi connectivity index (χ2n) is 4.47. The third-order valence-electron chi connectivity index (χ3n) is 3.05. The van der Waals surface area contributed by atoms with E-state index in [0.29, 0.717) is 0 Å². The van der Waals surface area contributed by atoms with Crippen LogP contribution < -0.4 is 5.73 Å². The maximum atomic E-state index is 6.09. The van der Waals surface area contributed by atoms with E-state index in [2.05, 4.69) is 34.9 Å². The molecule has 4 heteroatoms. The molecule has 1 atom stereocenters. The van der Waals surface area contributed by atoms with Crippen LogP contribution in [0.3, 0.4) is 0 Å². The van der Waals surface area contributed by atoms with Gasteiger partial charge < -0.3 is 14.9 Å². The van der Waals surface area contributed by atoms with Crippen LogP contribution in [-0.2, 0) is 13.6 Å². The van der Waals surface area contributed by atoms with Gasteiger partial charge in [0.1, 0.15) is 5.82 Å². The summed E-state index contributed by atoms with van der Waals surface area (Å²) in [5.41, 5.74) is 7.30. The summed E-state index contributed by atoms with van der Waals surface area (Å²) in [6.07, 6.45) is 10.1. The lowest BCUT2D eigenvalue weighted by atomic mass is 10.1. The molecule has 0 spiro atoms. The minimum absolute atomic E-state index is 0.155. The van der Waals surface area contributed by atoms with Crippen molar-refractivity contribution in [1.82, 2.24) is 14.1 Å². The van der Waals surface area contributed by atoms with Gasteiger partial charge in [0.15, 0.2) is 0 Å². The highest BCUT2D eigenvalue weighted by Crippen LogP contribution is 2.16. The molecule has 92 valence electrons. The second-order valence-corrected chi connectivity index (χ2v) is 4.47. The van der Waals surface area contributed by atoms with Crippen molar-refractivity contribution in [2.75, 3.05) is 0 Å². The number of hydrogen-bond acceptors (Lipinski definition) is 2. The third kappa shape index (κ3) is 2.77. The van der Waals surface area contributed by atoms with Crippen molar-refractivity contribution in [3.63, 3.8) is 0 Å². The van der Waals surface area contributed by atoms with Crippen molar-refractivity contribution in [3.05, 3.63) is 42.2 Å². The average molecular weight is 232 g/mol. The number of hydrogen-bond donors (Lipinski definition) is 1. The zero-order valence-electron chi connectivity index (χ0n) is 10.5. The molecule has 2 aromatic heterocycles. The number of nitrogens with zero attached hydrogens (tertiary/aromatic N) is 3. The molecule has 1 unspecified atom stereocenters. The van der Waals surface area contributed by atoms with E-state index in [1.54, 1.807) is 0 Å². The van der Waals surface area contributed by atoms with Gasteiger partial charge in [0.05, 0.1) is 6.54 Å². The molecule has 2 aromatic rings. The van der Waals surface area contributed by atoms with Crippen LogP contribution in [0.15, 0.2) is 30.9 Å². The van der Waals surface area contributed by atoms with Crippen LogP contribution in [0.4, 0.5) is 0 Å². The molecule has 2 heterocycles. The van der Waals surface area contributed by atoms with E-state index >= 15 is 0 Å². The molecule has 0 bridgehead atoms. The molecular formula is C13H20N4. The molecule has 17 heavy (non-hydrogen) atoms. The minimum Gasteiger partial charge on any atom is -0.346 e. The van der Waals surface area contributed by atoms with E-state index in [1.165, 1.54) is 5.56 Å². The molecule has 0 saturated carbocycles. The topological polar surface area (TPSA) is 48.8 Å². The van der Waals surface area contributed by atoms with E-state index in [-0.39, 0.29) is 6.04 Å². The van der Waals surface area contributed by atoms with E-state index < -0.39 is 0 Å². The Morgan fingerprint density at radius 3 is 2.88 bits per heavy atom. The Labute approximate surface area is 102 Å².